The molecule has 3 aromatic rings. The third kappa shape index (κ3) is 4.68. The number of rotatable bonds is 3. The van der Waals surface area contributed by atoms with E-state index in [1.54, 1.807) is 4.90 Å². The summed E-state index contributed by atoms with van der Waals surface area (Å²) in [7, 11) is 3.37. The molecule has 0 N–H and O–H groups in total. The molecule has 0 unspecified atom stereocenters. The lowest BCUT2D eigenvalue weighted by atomic mass is 9.95. The maximum Gasteiger partial charge on any atom is 0.417 e. The Balaban J connectivity index is 1.91. The van der Waals surface area contributed by atoms with Crippen molar-refractivity contribution in [3.8, 4) is 11.1 Å². The van der Waals surface area contributed by atoms with Crippen LogP contribution in [-0.4, -0.2) is 66.6 Å². The van der Waals surface area contributed by atoms with Crippen molar-refractivity contribution in [3.05, 3.63) is 50.9 Å². The lowest BCUT2D eigenvalue weighted by molar-refractivity contribution is -0.137. The minimum absolute atomic E-state index is 0.0424. The van der Waals surface area contributed by atoms with E-state index >= 15 is 4.39 Å². The summed E-state index contributed by atoms with van der Waals surface area (Å²) >= 11 is 6.90. The van der Waals surface area contributed by atoms with Gasteiger partial charge >= 0.3 is 11.9 Å². The highest BCUT2D eigenvalue weighted by Crippen LogP contribution is 2.49. The third-order valence-electron chi connectivity index (χ3n) is 6.72. The van der Waals surface area contributed by atoms with Crippen LogP contribution in [0.5, 0.6) is 0 Å². The Bertz CT molecular complexity index is 1440. The predicted molar refractivity (Wildman–Crippen MR) is 133 cm³/mol. The molecule has 3 heterocycles. The minimum Gasteiger partial charge on any atom is -0.379 e. The smallest absolute Gasteiger partial charge is 0.379 e. The van der Waals surface area contributed by atoms with Crippen LogP contribution in [0.15, 0.2) is 27.9 Å². The van der Waals surface area contributed by atoms with E-state index in [1.165, 1.54) is 11.7 Å². The van der Waals surface area contributed by atoms with Gasteiger partial charge in [-0.2, -0.15) is 18.2 Å². The number of benzene rings is 2. The molecule has 37 heavy (non-hydrogen) atoms. The van der Waals surface area contributed by atoms with Crippen molar-refractivity contribution in [1.82, 2.24) is 14.5 Å². The number of ether oxygens (including phenoxy) is 1. The molecule has 0 spiro atoms. The van der Waals surface area contributed by atoms with E-state index in [2.05, 4.69) is 9.88 Å². The second-order valence-electron chi connectivity index (χ2n) is 9.06. The summed E-state index contributed by atoms with van der Waals surface area (Å²) in [6.07, 6.45) is -5.42. The Kier molecular flexibility index (Phi) is 6.88. The van der Waals surface area contributed by atoms with E-state index in [1.807, 2.05) is 7.05 Å². The number of anilines is 1. The number of piperazine rings is 1. The van der Waals surface area contributed by atoms with Gasteiger partial charge in [0.15, 0.2) is 0 Å². The summed E-state index contributed by atoms with van der Waals surface area (Å²) < 4.78 is 79.5. The van der Waals surface area contributed by atoms with E-state index < -0.39 is 51.3 Å². The molecule has 1 atom stereocenters. The van der Waals surface area contributed by atoms with Gasteiger partial charge in [0.05, 0.1) is 28.8 Å². The van der Waals surface area contributed by atoms with Crippen molar-refractivity contribution in [3.63, 3.8) is 0 Å². The summed E-state index contributed by atoms with van der Waals surface area (Å²) in [5, 5.41) is -0.386. The van der Waals surface area contributed by atoms with Crippen LogP contribution in [0.2, 0.25) is 5.02 Å². The van der Waals surface area contributed by atoms with Gasteiger partial charge in [0.25, 0.3) is 0 Å². The van der Waals surface area contributed by atoms with Crippen molar-refractivity contribution in [2.24, 2.45) is 0 Å². The first kappa shape index (κ1) is 26.2. The normalized spacial score (nSPS) is 18.9. The summed E-state index contributed by atoms with van der Waals surface area (Å²) in [5.74, 6) is -1.94. The average Bonchev–Trinajstić information content (AvgIpc) is 3.04. The highest BCUT2D eigenvalue weighted by atomic mass is 35.5. The average molecular weight is 561 g/mol. The molecule has 5 rings (SSSR count). The molecule has 0 bridgehead atoms. The Hall–Kier alpha value is -2.41. The van der Waals surface area contributed by atoms with E-state index in [-0.39, 0.29) is 33.9 Å². The molecule has 2 aliphatic heterocycles. The number of hydrogen-bond acceptors (Lipinski definition) is 6. The molecule has 0 radical (unpaired) electrons. The van der Waals surface area contributed by atoms with Gasteiger partial charge in [0, 0.05) is 66.5 Å². The molecule has 1 fully saturated rings. The van der Waals surface area contributed by atoms with Crippen LogP contribution in [0.1, 0.15) is 5.56 Å². The number of thioether (sulfide) groups is 1. The minimum atomic E-state index is -4.90. The van der Waals surface area contributed by atoms with E-state index in [9.17, 15) is 22.4 Å². The highest BCUT2D eigenvalue weighted by molar-refractivity contribution is 7.99. The lowest BCUT2D eigenvalue weighted by Gasteiger charge is -2.34. The SMILES string of the molecule is CO[C@H]1CSc2c(-c3cc(Cl)c(F)cc3F)c(C(F)(F)F)cc3c(N4CCN(C)CC4)nc(=O)n(c23)C1. The van der Waals surface area contributed by atoms with E-state index in [0.717, 1.165) is 23.9 Å². The monoisotopic (exact) mass is 560 g/mol. The molecule has 1 aromatic heterocycles. The van der Waals surface area contributed by atoms with Gasteiger partial charge in [-0.15, -0.1) is 11.8 Å². The van der Waals surface area contributed by atoms with Crippen molar-refractivity contribution < 1.29 is 26.7 Å². The zero-order chi connectivity index (χ0) is 26.6. The molecule has 198 valence electrons. The number of nitrogens with zero attached hydrogens (tertiary/aromatic N) is 4. The molecule has 0 aliphatic carbocycles. The molecule has 6 nitrogen and oxygen atoms in total. The van der Waals surface area contributed by atoms with Crippen LogP contribution in [0.25, 0.3) is 22.0 Å². The number of hydrogen-bond donors (Lipinski definition) is 0. The van der Waals surface area contributed by atoms with Crippen molar-refractivity contribution in [2.45, 2.75) is 23.7 Å². The number of alkyl halides is 3. The third-order valence-corrected chi connectivity index (χ3v) is 8.23. The second-order valence-corrected chi connectivity index (χ2v) is 10.5. The van der Waals surface area contributed by atoms with Gasteiger partial charge < -0.3 is 14.5 Å². The first-order chi connectivity index (χ1) is 17.5. The molecule has 13 heteroatoms. The van der Waals surface area contributed by atoms with Crippen LogP contribution >= 0.6 is 23.4 Å². The molecule has 0 saturated carbocycles. The fourth-order valence-corrected chi connectivity index (χ4v) is 6.22. The summed E-state index contributed by atoms with van der Waals surface area (Å²) in [6.45, 7) is 2.28. The maximum absolute atomic E-state index is 15.1. The van der Waals surface area contributed by atoms with Crippen LogP contribution < -0.4 is 10.6 Å². The van der Waals surface area contributed by atoms with Crippen LogP contribution in [0.4, 0.5) is 27.8 Å². The zero-order valence-corrected chi connectivity index (χ0v) is 21.4. The number of halogens is 6. The second kappa shape index (κ2) is 9.72. The predicted octanol–water partition coefficient (Wildman–Crippen LogP) is 4.89. The largest absolute Gasteiger partial charge is 0.417 e. The zero-order valence-electron chi connectivity index (χ0n) is 19.8. The first-order valence-corrected chi connectivity index (χ1v) is 12.8. The first-order valence-electron chi connectivity index (χ1n) is 11.4. The van der Waals surface area contributed by atoms with Gasteiger partial charge in [0.2, 0.25) is 0 Å². The summed E-state index contributed by atoms with van der Waals surface area (Å²) in [5.41, 5.74) is -2.56. The molecule has 1 saturated heterocycles. The molecule has 2 aliphatic rings. The van der Waals surface area contributed by atoms with E-state index in [0.29, 0.717) is 32.2 Å². The highest BCUT2D eigenvalue weighted by Gasteiger charge is 2.39. The maximum atomic E-state index is 15.1. The Morgan fingerprint density at radius 2 is 1.81 bits per heavy atom. The van der Waals surface area contributed by atoms with Gasteiger partial charge in [-0.05, 0) is 19.2 Å². The van der Waals surface area contributed by atoms with Gasteiger partial charge in [0.1, 0.15) is 17.5 Å². The molecule has 2 aromatic carbocycles. The topological polar surface area (TPSA) is 50.6 Å². The number of methoxy groups -OCH3 is 1. The van der Waals surface area contributed by atoms with Crippen LogP contribution in [0.3, 0.4) is 0 Å². The van der Waals surface area contributed by atoms with Crippen molar-refractivity contribution >= 4 is 40.1 Å². The molecule has 0 amide bonds. The standard InChI is InChI=1S/C24H22ClF5N4O2S/c1-32-3-5-33(6-4-32)22-14-7-15(24(28,29)30)19(13-8-16(25)18(27)9-17(13)26)21-20(14)34(23(35)31-22)10-12(36-2)11-37-21/h7-9,12H,3-6,10-11H2,1-2H3/t12-/m1/s1. The Morgan fingerprint density at radius 1 is 1.11 bits per heavy atom. The lowest BCUT2D eigenvalue weighted by Crippen LogP contribution is -2.45. The number of aromatic nitrogens is 2. The van der Waals surface area contributed by atoms with E-state index in [4.69, 9.17) is 16.3 Å². The fraction of sp³-hybridized carbons (Fsp3) is 0.417. The van der Waals surface area contributed by atoms with Crippen LogP contribution in [0, 0.1) is 11.6 Å². The Morgan fingerprint density at radius 3 is 2.46 bits per heavy atom. The van der Waals surface area contributed by atoms with Crippen molar-refractivity contribution in [2.75, 3.05) is 51.0 Å². The van der Waals surface area contributed by atoms with Crippen LogP contribution in [-0.2, 0) is 17.5 Å². The van der Waals surface area contributed by atoms with Gasteiger partial charge in [-0.3, -0.25) is 4.57 Å². The summed E-state index contributed by atoms with van der Waals surface area (Å²) in [4.78, 5) is 21.4. The Labute approximate surface area is 218 Å². The fourth-order valence-electron chi connectivity index (χ4n) is 4.74. The van der Waals surface area contributed by atoms with Gasteiger partial charge in [-0.25, -0.2) is 13.6 Å². The van der Waals surface area contributed by atoms with Crippen molar-refractivity contribution in [1.29, 1.82) is 0 Å². The summed E-state index contributed by atoms with van der Waals surface area (Å²) in [6, 6.07) is 2.22. The quantitative estimate of drug-likeness (QED) is 0.336. The molecular formula is C24H22ClF5N4O2S. The number of likely N-dealkylation sites (N-methyl/N-ethyl adjacent to an activating group) is 1. The molecular weight excluding hydrogens is 539 g/mol. The van der Waals surface area contributed by atoms with Gasteiger partial charge in [-0.1, -0.05) is 11.6 Å².